The molecule has 2 N–H and O–H groups in total. The molecule has 0 saturated heterocycles. The van der Waals surface area contributed by atoms with Crippen molar-refractivity contribution in [1.82, 2.24) is 15.3 Å². The van der Waals surface area contributed by atoms with Gasteiger partial charge in [0.1, 0.15) is 11.6 Å². The summed E-state index contributed by atoms with van der Waals surface area (Å²) in [6.07, 6.45) is 3.29. The highest BCUT2D eigenvalue weighted by atomic mass is 79.9. The minimum atomic E-state index is -0.458. The predicted molar refractivity (Wildman–Crippen MR) is 68.6 cm³/mol. The van der Waals surface area contributed by atoms with Crippen LogP contribution in [0.25, 0.3) is 0 Å². The molecule has 1 amide bonds. The number of hydrogen-bond donors (Lipinski definition) is 2. The van der Waals surface area contributed by atoms with Gasteiger partial charge in [-0.05, 0) is 25.1 Å². The highest BCUT2D eigenvalue weighted by Crippen LogP contribution is 2.16. The van der Waals surface area contributed by atoms with Crippen LogP contribution in [-0.4, -0.2) is 15.9 Å². The van der Waals surface area contributed by atoms with Gasteiger partial charge in [0.25, 0.3) is 5.91 Å². The van der Waals surface area contributed by atoms with Crippen molar-refractivity contribution in [3.05, 3.63) is 52.3 Å². The van der Waals surface area contributed by atoms with Gasteiger partial charge in [-0.2, -0.15) is 0 Å². The highest BCUT2D eigenvalue weighted by Gasteiger charge is 2.14. The van der Waals surface area contributed by atoms with Gasteiger partial charge in [-0.15, -0.1) is 0 Å². The third kappa shape index (κ3) is 2.95. The van der Waals surface area contributed by atoms with Crippen LogP contribution in [0.15, 0.2) is 35.1 Å². The van der Waals surface area contributed by atoms with Crippen LogP contribution in [0.5, 0.6) is 0 Å². The molecule has 0 spiro atoms. The minimum Gasteiger partial charge on any atom is -0.347 e. The molecule has 1 aromatic carbocycles. The molecule has 0 aliphatic rings. The molecule has 1 aromatic heterocycles. The van der Waals surface area contributed by atoms with E-state index in [0.717, 1.165) is 0 Å². The number of nitrogens with one attached hydrogen (secondary N) is 2. The van der Waals surface area contributed by atoms with Crippen molar-refractivity contribution in [1.29, 1.82) is 0 Å². The Kier molecular flexibility index (Phi) is 3.76. The van der Waals surface area contributed by atoms with Gasteiger partial charge in [0.2, 0.25) is 0 Å². The lowest BCUT2D eigenvalue weighted by Gasteiger charge is -2.11. The zero-order valence-electron chi connectivity index (χ0n) is 9.58. The molecule has 2 aromatic rings. The van der Waals surface area contributed by atoms with E-state index in [1.165, 1.54) is 12.1 Å². The Morgan fingerprint density at radius 3 is 2.89 bits per heavy atom. The maximum atomic E-state index is 13.2. The second-order valence-corrected chi connectivity index (χ2v) is 4.74. The largest absolute Gasteiger partial charge is 0.347 e. The Labute approximate surface area is 112 Å². The molecule has 0 bridgehead atoms. The molecule has 1 atom stereocenters. The van der Waals surface area contributed by atoms with Crippen LogP contribution < -0.4 is 5.32 Å². The summed E-state index contributed by atoms with van der Waals surface area (Å²) in [5.74, 6) is -0.155. The normalized spacial score (nSPS) is 12.2. The molecule has 0 saturated carbocycles. The van der Waals surface area contributed by atoms with Gasteiger partial charge >= 0.3 is 0 Å². The van der Waals surface area contributed by atoms with Gasteiger partial charge in [-0.3, -0.25) is 4.79 Å². The molecule has 2 rings (SSSR count). The van der Waals surface area contributed by atoms with Crippen LogP contribution >= 0.6 is 15.9 Å². The van der Waals surface area contributed by atoms with E-state index in [9.17, 15) is 9.18 Å². The first-order valence-corrected chi connectivity index (χ1v) is 6.12. The summed E-state index contributed by atoms with van der Waals surface area (Å²) in [6, 6.07) is 3.78. The maximum absolute atomic E-state index is 13.2. The summed E-state index contributed by atoms with van der Waals surface area (Å²) in [7, 11) is 0. The minimum absolute atomic E-state index is 0.264. The van der Waals surface area contributed by atoms with Crippen molar-refractivity contribution in [2.24, 2.45) is 0 Å². The van der Waals surface area contributed by atoms with Gasteiger partial charge in [0.15, 0.2) is 0 Å². The van der Waals surface area contributed by atoms with E-state index < -0.39 is 5.82 Å². The van der Waals surface area contributed by atoms with Gasteiger partial charge in [0, 0.05) is 22.4 Å². The second-order valence-electron chi connectivity index (χ2n) is 3.83. The summed E-state index contributed by atoms with van der Waals surface area (Å²) >= 11 is 3.15. The number of rotatable bonds is 3. The summed E-state index contributed by atoms with van der Waals surface area (Å²) < 4.78 is 13.7. The number of H-pyrrole nitrogens is 1. The standard InChI is InChI=1S/C12H11BrFN3O/c1-7(11-15-2-3-16-11)17-12(18)8-4-9(13)6-10(14)5-8/h2-7H,1H3,(H,15,16)(H,17,18). The van der Waals surface area contributed by atoms with Crippen molar-refractivity contribution >= 4 is 21.8 Å². The number of amides is 1. The van der Waals surface area contributed by atoms with Crippen LogP contribution in [-0.2, 0) is 0 Å². The Morgan fingerprint density at radius 2 is 2.28 bits per heavy atom. The van der Waals surface area contributed by atoms with Crippen molar-refractivity contribution in [3.8, 4) is 0 Å². The van der Waals surface area contributed by atoms with Gasteiger partial charge in [0.05, 0.1) is 6.04 Å². The molecular formula is C12H11BrFN3O. The number of nitrogens with zero attached hydrogens (tertiary/aromatic N) is 1. The quantitative estimate of drug-likeness (QED) is 0.915. The fraction of sp³-hybridized carbons (Fsp3) is 0.167. The van der Waals surface area contributed by atoms with Crippen LogP contribution in [0.1, 0.15) is 29.1 Å². The first kappa shape index (κ1) is 12.8. The zero-order chi connectivity index (χ0) is 13.1. The number of halogens is 2. The number of carbonyl (C=O) groups excluding carboxylic acids is 1. The Bertz CT molecular complexity index is 536. The third-order valence-corrected chi connectivity index (χ3v) is 2.86. The van der Waals surface area contributed by atoms with E-state index in [-0.39, 0.29) is 17.5 Å². The number of aromatic nitrogens is 2. The van der Waals surface area contributed by atoms with Crippen molar-refractivity contribution < 1.29 is 9.18 Å². The molecule has 1 heterocycles. The van der Waals surface area contributed by atoms with E-state index >= 15 is 0 Å². The van der Waals surface area contributed by atoms with Gasteiger partial charge < -0.3 is 10.3 Å². The molecular weight excluding hydrogens is 301 g/mol. The summed E-state index contributed by atoms with van der Waals surface area (Å²) in [5, 5.41) is 2.73. The van der Waals surface area contributed by atoms with Crippen LogP contribution in [0.2, 0.25) is 0 Å². The fourth-order valence-corrected chi connectivity index (χ4v) is 2.01. The van der Waals surface area contributed by atoms with Crippen LogP contribution in [0, 0.1) is 5.82 Å². The molecule has 4 nitrogen and oxygen atoms in total. The van der Waals surface area contributed by atoms with E-state index in [1.54, 1.807) is 25.4 Å². The lowest BCUT2D eigenvalue weighted by molar-refractivity contribution is 0.0938. The number of hydrogen-bond acceptors (Lipinski definition) is 2. The number of carbonyl (C=O) groups is 1. The Morgan fingerprint density at radius 1 is 1.50 bits per heavy atom. The van der Waals surface area contributed by atoms with E-state index in [2.05, 4.69) is 31.2 Å². The average Bonchev–Trinajstić information content (AvgIpc) is 2.80. The molecule has 0 aliphatic carbocycles. The van der Waals surface area contributed by atoms with Crippen molar-refractivity contribution in [2.45, 2.75) is 13.0 Å². The summed E-state index contributed by atoms with van der Waals surface area (Å²) in [5.41, 5.74) is 0.264. The SMILES string of the molecule is CC(NC(=O)c1cc(F)cc(Br)c1)c1ncc[nH]1. The molecule has 0 aliphatic heterocycles. The lowest BCUT2D eigenvalue weighted by Crippen LogP contribution is -2.27. The van der Waals surface area contributed by atoms with Gasteiger partial charge in [-0.25, -0.2) is 9.37 Å². The number of benzene rings is 1. The second kappa shape index (κ2) is 5.30. The maximum Gasteiger partial charge on any atom is 0.252 e. The van der Waals surface area contributed by atoms with Crippen LogP contribution in [0.3, 0.4) is 0 Å². The molecule has 18 heavy (non-hydrogen) atoms. The Hall–Kier alpha value is -1.69. The molecule has 0 radical (unpaired) electrons. The Balaban J connectivity index is 2.12. The first-order valence-electron chi connectivity index (χ1n) is 5.32. The fourth-order valence-electron chi connectivity index (χ4n) is 1.55. The van der Waals surface area contributed by atoms with Gasteiger partial charge in [-0.1, -0.05) is 15.9 Å². The monoisotopic (exact) mass is 311 g/mol. The smallest absolute Gasteiger partial charge is 0.252 e. The molecule has 6 heteroatoms. The molecule has 94 valence electrons. The zero-order valence-corrected chi connectivity index (χ0v) is 11.2. The molecule has 0 fully saturated rings. The number of aromatic amines is 1. The van der Waals surface area contributed by atoms with E-state index in [1.807, 2.05) is 0 Å². The van der Waals surface area contributed by atoms with Crippen LogP contribution in [0.4, 0.5) is 4.39 Å². The number of imidazole rings is 1. The molecule has 1 unspecified atom stereocenters. The lowest BCUT2D eigenvalue weighted by atomic mass is 10.2. The average molecular weight is 312 g/mol. The first-order chi connectivity index (χ1) is 8.56. The van der Waals surface area contributed by atoms with Crippen molar-refractivity contribution in [2.75, 3.05) is 0 Å². The highest BCUT2D eigenvalue weighted by molar-refractivity contribution is 9.10. The van der Waals surface area contributed by atoms with E-state index in [0.29, 0.717) is 10.3 Å². The summed E-state index contributed by atoms with van der Waals surface area (Å²) in [6.45, 7) is 1.80. The summed E-state index contributed by atoms with van der Waals surface area (Å²) in [4.78, 5) is 18.9. The third-order valence-electron chi connectivity index (χ3n) is 2.40. The predicted octanol–water partition coefficient (Wildman–Crippen LogP) is 2.80. The van der Waals surface area contributed by atoms with E-state index in [4.69, 9.17) is 0 Å². The van der Waals surface area contributed by atoms with Crippen molar-refractivity contribution in [3.63, 3.8) is 0 Å². The topological polar surface area (TPSA) is 57.8 Å².